The number of aliphatic hydroxyl groups is 1. The van der Waals surface area contributed by atoms with Gasteiger partial charge >= 0.3 is 19.8 Å². The molecule has 6 rings (SSSR count). The average molecular weight is 1130 g/mol. The summed E-state index contributed by atoms with van der Waals surface area (Å²) in [7, 11) is -4.47. The largest absolute Gasteiger partial charge is 0.511 e. The lowest BCUT2D eigenvalue weighted by molar-refractivity contribution is -0.161. The smallest absolute Gasteiger partial charge is 0.472 e. The Labute approximate surface area is 480 Å². The number of hydrogen-bond donors (Lipinski definition) is 3. The molecule has 8 bridgehead atoms. The van der Waals surface area contributed by atoms with E-state index in [1.54, 1.807) is 0 Å². The molecule has 80 heavy (non-hydrogen) atoms. The van der Waals surface area contributed by atoms with Crippen molar-refractivity contribution in [1.29, 1.82) is 0 Å². The average Bonchev–Trinajstić information content (AvgIpc) is 4.33. The second-order valence-corrected chi connectivity index (χ2v) is 24.4. The minimum absolute atomic E-state index is 0.00542. The van der Waals surface area contributed by atoms with Crippen LogP contribution in [-0.2, 0) is 37.4 Å². The quantitative estimate of drug-likeness (QED) is 0.0303. The third-order valence-corrected chi connectivity index (χ3v) is 17.6. The Balaban J connectivity index is 1.18. The molecule has 444 valence electrons. The van der Waals surface area contributed by atoms with Crippen molar-refractivity contribution in [2.75, 3.05) is 26.4 Å². The number of carbonyl (C=O) groups is 2. The minimum atomic E-state index is -4.47. The van der Waals surface area contributed by atoms with Gasteiger partial charge in [0.1, 0.15) is 12.4 Å². The summed E-state index contributed by atoms with van der Waals surface area (Å²) in [6, 6.07) is 0. The van der Waals surface area contributed by atoms with Gasteiger partial charge in [0.2, 0.25) is 0 Å². The van der Waals surface area contributed by atoms with E-state index in [1.807, 2.05) is 19.9 Å². The molecule has 0 radical (unpaired) electrons. The van der Waals surface area contributed by atoms with Crippen LogP contribution >= 0.6 is 7.82 Å². The third-order valence-electron chi connectivity index (χ3n) is 16.6. The number of aliphatic imine (C=N–C) groups is 3. The maximum Gasteiger partial charge on any atom is 0.472 e. The number of aliphatic hydroxyl groups excluding tert-OH is 1. The number of ether oxygens (including phenoxy) is 3. The Hall–Kier alpha value is -4.46. The number of hydrogen-bond acceptors (Lipinski definition) is 13. The van der Waals surface area contributed by atoms with Crippen molar-refractivity contribution in [3.05, 3.63) is 91.5 Å². The van der Waals surface area contributed by atoms with Crippen molar-refractivity contribution in [2.24, 2.45) is 26.8 Å². The number of allylic oxidation sites excluding steroid dienone is 11. The lowest BCUT2D eigenvalue weighted by Crippen LogP contribution is -2.30. The lowest BCUT2D eigenvalue weighted by Gasteiger charge is -2.21. The summed E-state index contributed by atoms with van der Waals surface area (Å²) in [5.41, 5.74) is 13.3. The van der Waals surface area contributed by atoms with Gasteiger partial charge in [0, 0.05) is 65.8 Å². The minimum Gasteiger partial charge on any atom is -0.511 e. The molecule has 0 aromatic rings. The second kappa shape index (κ2) is 33.0. The number of phosphoric acid groups is 1. The molecular formula is C65H99N4O10P. The van der Waals surface area contributed by atoms with E-state index < -0.39 is 32.5 Å². The van der Waals surface area contributed by atoms with Gasteiger partial charge in [-0.25, -0.2) is 19.5 Å². The van der Waals surface area contributed by atoms with Crippen LogP contribution in [-0.4, -0.2) is 77.7 Å². The SMILES string of the molecule is CCCCCCCCCCCCCCCC(=O)OCC(COP(=O)(O)OCCC)OC(=O)CCC1C2=C3CC(O)=C4C3=NC(=C4C)C=C3N=C(C=C4N=C(C=C(N2)C1C)C(C)=C4C(C)OCCCCCCCCCC)C(C)=C3CC. The number of nitrogens with one attached hydrogen (secondary N) is 1. The maximum absolute atomic E-state index is 14.0. The van der Waals surface area contributed by atoms with Gasteiger partial charge in [0.25, 0.3) is 0 Å². The van der Waals surface area contributed by atoms with Crippen LogP contribution in [0.5, 0.6) is 0 Å². The van der Waals surface area contributed by atoms with Crippen molar-refractivity contribution in [3.63, 3.8) is 0 Å². The maximum atomic E-state index is 14.0. The summed E-state index contributed by atoms with van der Waals surface area (Å²) in [4.78, 5) is 53.2. The molecule has 5 unspecified atom stereocenters. The molecule has 1 aliphatic carbocycles. The first-order valence-corrected chi connectivity index (χ1v) is 32.7. The molecule has 1 fully saturated rings. The Morgan fingerprint density at radius 2 is 1.29 bits per heavy atom. The van der Waals surface area contributed by atoms with E-state index in [4.69, 9.17) is 38.2 Å². The molecule has 5 atom stereocenters. The van der Waals surface area contributed by atoms with E-state index >= 15 is 0 Å². The van der Waals surface area contributed by atoms with Gasteiger partial charge in [-0.1, -0.05) is 157 Å². The summed E-state index contributed by atoms with van der Waals surface area (Å²) in [5.74, 6) is -1.13. The van der Waals surface area contributed by atoms with Gasteiger partial charge in [-0.15, -0.1) is 0 Å². The van der Waals surface area contributed by atoms with Crippen LogP contribution in [0.15, 0.2) is 106 Å². The summed E-state index contributed by atoms with van der Waals surface area (Å²) >= 11 is 0. The summed E-state index contributed by atoms with van der Waals surface area (Å²) in [6.45, 7) is 18.8. The first-order chi connectivity index (χ1) is 38.6. The van der Waals surface area contributed by atoms with Crippen molar-refractivity contribution >= 4 is 36.9 Å². The number of fused-ring (bicyclic) bond motifs is 5. The molecule has 1 saturated heterocycles. The van der Waals surface area contributed by atoms with Crippen molar-refractivity contribution in [1.82, 2.24) is 5.32 Å². The Morgan fingerprint density at radius 1 is 0.688 bits per heavy atom. The van der Waals surface area contributed by atoms with Crippen LogP contribution < -0.4 is 5.32 Å². The highest BCUT2D eigenvalue weighted by atomic mass is 31.2. The normalized spacial score (nSPS) is 20.2. The standard InChI is InChI=1S/C65H99N4O10P/c1-10-14-16-18-20-22-23-24-25-26-27-29-31-33-60(71)76-42-49(43-78-80(73,74)77-36-12-3)79-61(72)35-34-51-45(6)54-39-55-46(7)62(48(9)75-37-32-30-28-21-19-17-15-11-2)58(67-55)41-53-44(5)50(13-4)57(66-53)40-56-47(8)63-59(70)38-52(64(51)68-54)65(63)69-56/h39-41,45,48-49,51,68,70H,10-38,42-43H2,1-9H3,(H,73,74). The summed E-state index contributed by atoms with van der Waals surface area (Å²) in [6.07, 6.45) is 32.3. The van der Waals surface area contributed by atoms with Crippen LogP contribution in [0.4, 0.5) is 0 Å². The number of phosphoric ester groups is 1. The van der Waals surface area contributed by atoms with Crippen LogP contribution in [0.25, 0.3) is 0 Å². The topological polar surface area (TPSA) is 187 Å². The third kappa shape index (κ3) is 18.5. The molecule has 0 amide bonds. The number of rotatable bonds is 38. The van der Waals surface area contributed by atoms with Crippen LogP contribution in [0.2, 0.25) is 0 Å². The van der Waals surface area contributed by atoms with Gasteiger partial charge in [-0.05, 0) is 100 Å². The first-order valence-electron chi connectivity index (χ1n) is 31.2. The van der Waals surface area contributed by atoms with Crippen molar-refractivity contribution < 1.29 is 47.4 Å². The highest BCUT2D eigenvalue weighted by molar-refractivity contribution is 7.47. The molecule has 14 nitrogen and oxygen atoms in total. The highest BCUT2D eigenvalue weighted by Gasteiger charge is 2.42. The van der Waals surface area contributed by atoms with Gasteiger partial charge in [-0.2, -0.15) is 0 Å². The highest BCUT2D eigenvalue weighted by Crippen LogP contribution is 2.47. The summed E-state index contributed by atoms with van der Waals surface area (Å²) in [5, 5.41) is 15.5. The number of esters is 2. The van der Waals surface area contributed by atoms with Crippen LogP contribution in [0.1, 0.15) is 236 Å². The zero-order valence-electron chi connectivity index (χ0n) is 50.4. The molecule has 15 heteroatoms. The fourth-order valence-corrected chi connectivity index (χ4v) is 12.7. The van der Waals surface area contributed by atoms with Gasteiger partial charge in [0.05, 0.1) is 53.5 Å². The molecule has 0 aromatic heterocycles. The van der Waals surface area contributed by atoms with Crippen LogP contribution in [0.3, 0.4) is 0 Å². The summed E-state index contributed by atoms with van der Waals surface area (Å²) < 4.78 is 41.3. The van der Waals surface area contributed by atoms with Crippen molar-refractivity contribution in [3.8, 4) is 0 Å². The lowest BCUT2D eigenvalue weighted by atomic mass is 9.86. The van der Waals surface area contributed by atoms with E-state index in [2.05, 4.69) is 65.9 Å². The first kappa shape index (κ1) is 64.7. The number of nitrogens with zero attached hydrogens (tertiary/aromatic N) is 3. The molecule has 0 aromatic carbocycles. The monoisotopic (exact) mass is 1130 g/mol. The van der Waals surface area contributed by atoms with Gasteiger partial charge < -0.3 is 29.5 Å². The Morgan fingerprint density at radius 3 is 1.91 bits per heavy atom. The predicted octanol–water partition coefficient (Wildman–Crippen LogP) is 16.5. The van der Waals surface area contributed by atoms with Gasteiger partial charge in [-0.3, -0.25) is 18.6 Å². The molecule has 5 aliphatic heterocycles. The van der Waals surface area contributed by atoms with Crippen LogP contribution in [0, 0.1) is 11.8 Å². The molecule has 6 aliphatic rings. The second-order valence-electron chi connectivity index (χ2n) is 22.9. The van der Waals surface area contributed by atoms with E-state index in [0.29, 0.717) is 31.6 Å². The molecule has 0 spiro atoms. The zero-order valence-corrected chi connectivity index (χ0v) is 51.3. The van der Waals surface area contributed by atoms with E-state index in [9.17, 15) is 24.2 Å². The molecule has 5 heterocycles. The Kier molecular flexibility index (Phi) is 26.7. The van der Waals surface area contributed by atoms with Gasteiger partial charge in [0.15, 0.2) is 6.10 Å². The van der Waals surface area contributed by atoms with E-state index in [-0.39, 0.29) is 56.2 Å². The molecule has 3 N–H and O–H groups in total. The fourth-order valence-electron chi connectivity index (χ4n) is 11.8. The molecule has 0 saturated carbocycles. The van der Waals surface area contributed by atoms with Crippen molar-refractivity contribution in [2.45, 2.75) is 248 Å². The Bertz CT molecular complexity index is 2570. The number of unbranched alkanes of at least 4 members (excludes halogenated alkanes) is 19. The van der Waals surface area contributed by atoms with E-state index in [0.717, 1.165) is 117 Å². The zero-order chi connectivity index (χ0) is 57.6. The number of carbonyl (C=O) groups excluding carboxylic acids is 2. The predicted molar refractivity (Wildman–Crippen MR) is 322 cm³/mol. The van der Waals surface area contributed by atoms with E-state index in [1.165, 1.54) is 96.3 Å². The fraction of sp³-hybridized carbons (Fsp3) is 0.677. The molecular weight excluding hydrogens is 1030 g/mol.